The second kappa shape index (κ2) is 9.36. The van der Waals surface area contributed by atoms with Crippen LogP contribution in [0.5, 0.6) is 0 Å². The van der Waals surface area contributed by atoms with E-state index in [0.717, 1.165) is 0 Å². The van der Waals surface area contributed by atoms with Crippen molar-refractivity contribution in [1.29, 1.82) is 0 Å². The van der Waals surface area contributed by atoms with Gasteiger partial charge in [0, 0.05) is 13.0 Å². The lowest BCUT2D eigenvalue weighted by molar-refractivity contribution is -0.890. The minimum absolute atomic E-state index is 0.0562. The summed E-state index contributed by atoms with van der Waals surface area (Å²) in [4.78, 5) is 11.7. The maximum Gasteiger partial charge on any atom is 0.252 e. The third-order valence-electron chi connectivity index (χ3n) is 3.67. The summed E-state index contributed by atoms with van der Waals surface area (Å²) in [5, 5.41) is 58.2. The van der Waals surface area contributed by atoms with Crippen molar-refractivity contribution in [2.75, 3.05) is 53.6 Å². The smallest absolute Gasteiger partial charge is 0.252 e. The topological polar surface area (TPSA) is 150 Å². The number of carbonyl (C=O) groups excluding carboxylic acids is 1. The molecule has 9 nitrogen and oxygen atoms in total. The van der Waals surface area contributed by atoms with E-state index in [-0.39, 0.29) is 13.2 Å². The Hall–Kier alpha value is -0.810. The number of aliphatic hydroxyl groups is 6. The Kier molecular flexibility index (Phi) is 9.01. The van der Waals surface area contributed by atoms with Crippen LogP contribution in [0.3, 0.4) is 0 Å². The van der Waals surface area contributed by atoms with Crippen LogP contribution in [0.1, 0.15) is 6.42 Å². The lowest BCUT2D eigenvalue weighted by Crippen LogP contribution is -2.61. The van der Waals surface area contributed by atoms with E-state index in [4.69, 9.17) is 15.3 Å². The van der Waals surface area contributed by atoms with Crippen molar-refractivity contribution >= 4 is 5.91 Å². The lowest BCUT2D eigenvalue weighted by atomic mass is 9.90. The van der Waals surface area contributed by atoms with Crippen LogP contribution in [0.4, 0.5) is 0 Å². The third-order valence-corrected chi connectivity index (χ3v) is 3.67. The first-order valence-corrected chi connectivity index (χ1v) is 7.15. The fraction of sp³-hybridized carbons (Fsp3) is 0.923. The predicted molar refractivity (Wildman–Crippen MR) is 77.7 cm³/mol. The Labute approximate surface area is 130 Å². The Balaban J connectivity index is 4.37. The molecular formula is C13H29N2O7+. The van der Waals surface area contributed by atoms with Gasteiger partial charge in [0.25, 0.3) is 5.91 Å². The number of amides is 1. The molecule has 0 spiro atoms. The number of nitrogens with one attached hydrogen (secondary N) is 1. The fourth-order valence-corrected chi connectivity index (χ4v) is 1.96. The van der Waals surface area contributed by atoms with Crippen LogP contribution in [0.25, 0.3) is 0 Å². The van der Waals surface area contributed by atoms with E-state index in [1.807, 2.05) is 14.1 Å². The van der Waals surface area contributed by atoms with Gasteiger partial charge in [-0.2, -0.15) is 0 Å². The third kappa shape index (κ3) is 6.13. The maximum atomic E-state index is 11.7. The lowest BCUT2D eigenvalue weighted by Gasteiger charge is -2.33. The van der Waals surface area contributed by atoms with Crippen LogP contribution in [-0.2, 0) is 4.79 Å². The molecule has 3 atom stereocenters. The molecule has 0 aliphatic carbocycles. The SMILES string of the molecule is C[N+](C)(CCO)CCCNC(=O)C(O)C(O)(CO)C(O)CO. The van der Waals surface area contributed by atoms with E-state index in [0.29, 0.717) is 24.0 Å². The average Bonchev–Trinajstić information content (AvgIpc) is 2.48. The van der Waals surface area contributed by atoms with Crippen molar-refractivity contribution in [1.82, 2.24) is 5.32 Å². The first-order chi connectivity index (χ1) is 10.1. The summed E-state index contributed by atoms with van der Waals surface area (Å²) in [5.41, 5.74) is -2.52. The summed E-state index contributed by atoms with van der Waals surface area (Å²) in [6, 6.07) is 0. The number of nitrogens with zero attached hydrogens (tertiary/aromatic N) is 1. The molecule has 0 fully saturated rings. The molecule has 0 rings (SSSR count). The molecular weight excluding hydrogens is 296 g/mol. The summed E-state index contributed by atoms with van der Waals surface area (Å²) in [5.74, 6) is -0.948. The first-order valence-electron chi connectivity index (χ1n) is 7.15. The summed E-state index contributed by atoms with van der Waals surface area (Å²) < 4.78 is 0.568. The molecule has 9 heteroatoms. The second-order valence-corrected chi connectivity index (χ2v) is 6.00. The average molecular weight is 325 g/mol. The Morgan fingerprint density at radius 1 is 1.18 bits per heavy atom. The van der Waals surface area contributed by atoms with Gasteiger partial charge in [-0.15, -0.1) is 0 Å². The van der Waals surface area contributed by atoms with Gasteiger partial charge in [-0.25, -0.2) is 0 Å². The van der Waals surface area contributed by atoms with Gasteiger partial charge in [-0.1, -0.05) is 0 Å². The standard InChI is InChI=1S/C13H28N2O7/c1-15(2,6-7-16)5-3-4-14-12(21)11(20)13(22,9-18)10(19)8-17/h10-11,16-20,22H,3-9H2,1-2H3/p+1. The largest absolute Gasteiger partial charge is 0.394 e. The minimum Gasteiger partial charge on any atom is -0.394 e. The number of aliphatic hydroxyl groups excluding tert-OH is 5. The van der Waals surface area contributed by atoms with E-state index < -0.39 is 36.9 Å². The molecule has 0 aromatic carbocycles. The van der Waals surface area contributed by atoms with Crippen molar-refractivity contribution in [3.8, 4) is 0 Å². The number of hydrogen-bond acceptors (Lipinski definition) is 7. The van der Waals surface area contributed by atoms with Gasteiger partial charge in [-0.3, -0.25) is 4.79 Å². The number of quaternary nitrogens is 1. The monoisotopic (exact) mass is 325 g/mol. The highest BCUT2D eigenvalue weighted by Gasteiger charge is 2.45. The second-order valence-electron chi connectivity index (χ2n) is 6.00. The highest BCUT2D eigenvalue weighted by atomic mass is 16.4. The summed E-state index contributed by atoms with van der Waals surface area (Å²) in [6.07, 6.45) is -3.34. The predicted octanol–water partition coefficient (Wildman–Crippen LogP) is -4.00. The van der Waals surface area contributed by atoms with Crippen molar-refractivity contribution < 1.29 is 39.9 Å². The van der Waals surface area contributed by atoms with E-state index >= 15 is 0 Å². The van der Waals surface area contributed by atoms with Crippen LogP contribution in [0.2, 0.25) is 0 Å². The van der Waals surface area contributed by atoms with Gasteiger partial charge < -0.3 is 40.4 Å². The molecule has 0 saturated carbocycles. The Morgan fingerprint density at radius 3 is 2.23 bits per heavy atom. The highest BCUT2D eigenvalue weighted by molar-refractivity contribution is 5.82. The van der Waals surface area contributed by atoms with Crippen molar-refractivity contribution in [2.45, 2.75) is 24.2 Å². The Bertz CT molecular complexity index is 340. The molecule has 7 N–H and O–H groups in total. The van der Waals surface area contributed by atoms with Crippen molar-refractivity contribution in [3.05, 3.63) is 0 Å². The van der Waals surface area contributed by atoms with Crippen LogP contribution in [-0.4, -0.2) is 112 Å². The van der Waals surface area contributed by atoms with Gasteiger partial charge in [-0.05, 0) is 0 Å². The minimum atomic E-state index is -2.52. The normalized spacial score (nSPS) is 17.6. The molecule has 0 saturated heterocycles. The zero-order chi connectivity index (χ0) is 17.4. The summed E-state index contributed by atoms with van der Waals surface area (Å²) >= 11 is 0. The van der Waals surface area contributed by atoms with Crippen molar-refractivity contribution in [2.24, 2.45) is 0 Å². The summed E-state index contributed by atoms with van der Waals surface area (Å²) in [7, 11) is 3.85. The highest BCUT2D eigenvalue weighted by Crippen LogP contribution is 2.16. The maximum absolute atomic E-state index is 11.7. The van der Waals surface area contributed by atoms with Gasteiger partial charge in [0.2, 0.25) is 0 Å². The van der Waals surface area contributed by atoms with Gasteiger partial charge in [0.15, 0.2) is 11.7 Å². The quantitative estimate of drug-likeness (QED) is 0.151. The molecule has 0 radical (unpaired) electrons. The Morgan fingerprint density at radius 2 is 1.77 bits per heavy atom. The van der Waals surface area contributed by atoms with Crippen LogP contribution >= 0.6 is 0 Å². The molecule has 0 bridgehead atoms. The zero-order valence-electron chi connectivity index (χ0n) is 13.1. The summed E-state index contributed by atoms with van der Waals surface area (Å²) in [6.45, 7) is -0.456. The number of hydrogen-bond donors (Lipinski definition) is 7. The molecule has 1 amide bonds. The van der Waals surface area contributed by atoms with Crippen LogP contribution < -0.4 is 5.32 Å². The number of carbonyl (C=O) groups is 1. The number of rotatable bonds is 11. The van der Waals surface area contributed by atoms with E-state index in [1.165, 1.54) is 0 Å². The molecule has 0 aliphatic rings. The fourth-order valence-electron chi connectivity index (χ4n) is 1.96. The molecule has 3 unspecified atom stereocenters. The first kappa shape index (κ1) is 21.2. The number of likely N-dealkylation sites (N-methyl/N-ethyl adjacent to an activating group) is 1. The van der Waals surface area contributed by atoms with E-state index in [9.17, 15) is 20.1 Å². The van der Waals surface area contributed by atoms with Crippen molar-refractivity contribution in [3.63, 3.8) is 0 Å². The van der Waals surface area contributed by atoms with Crippen LogP contribution in [0.15, 0.2) is 0 Å². The molecule has 0 aromatic rings. The van der Waals surface area contributed by atoms with E-state index in [2.05, 4.69) is 5.32 Å². The van der Waals surface area contributed by atoms with E-state index in [1.54, 1.807) is 0 Å². The van der Waals surface area contributed by atoms with Gasteiger partial charge in [0.1, 0.15) is 12.6 Å². The molecule has 22 heavy (non-hydrogen) atoms. The van der Waals surface area contributed by atoms with Gasteiger partial charge >= 0.3 is 0 Å². The van der Waals surface area contributed by atoms with Gasteiger partial charge in [0.05, 0.1) is 40.5 Å². The molecule has 0 aromatic heterocycles. The molecule has 0 heterocycles. The molecule has 0 aliphatic heterocycles. The molecule has 132 valence electrons. The zero-order valence-corrected chi connectivity index (χ0v) is 13.1. The van der Waals surface area contributed by atoms with Crippen LogP contribution in [0, 0.1) is 0 Å².